The summed E-state index contributed by atoms with van der Waals surface area (Å²) in [7, 11) is 0. The maximum atomic E-state index is 11.7. The molecule has 20 heavy (non-hydrogen) atoms. The quantitative estimate of drug-likeness (QED) is 0.898. The van der Waals surface area contributed by atoms with Crippen molar-refractivity contribution in [1.82, 2.24) is 10.6 Å². The Hall–Kier alpha value is -1.49. The largest absolute Gasteiger partial charge is 0.357 e. The Morgan fingerprint density at radius 3 is 2.75 bits per heavy atom. The first kappa shape index (κ1) is 14.9. The summed E-state index contributed by atoms with van der Waals surface area (Å²) in [6.07, 6.45) is 0. The van der Waals surface area contributed by atoms with Crippen LogP contribution in [0.15, 0.2) is 35.3 Å². The molecule has 1 aromatic carbocycles. The number of thioether (sulfide) groups is 1. The van der Waals surface area contributed by atoms with E-state index in [9.17, 15) is 4.79 Å². The SMILES string of the molecule is CC(C)(C)NC(=O)CN=C1NC(c2ccccc2)CS1. The minimum absolute atomic E-state index is 0.0458. The number of nitrogens with one attached hydrogen (secondary N) is 2. The van der Waals surface area contributed by atoms with Gasteiger partial charge < -0.3 is 10.6 Å². The van der Waals surface area contributed by atoms with Crippen LogP contribution in [-0.2, 0) is 4.79 Å². The van der Waals surface area contributed by atoms with Gasteiger partial charge in [0.2, 0.25) is 5.91 Å². The van der Waals surface area contributed by atoms with Gasteiger partial charge in [-0.25, -0.2) is 0 Å². The third-order valence-corrected chi connectivity index (χ3v) is 3.79. The molecule has 0 aliphatic carbocycles. The van der Waals surface area contributed by atoms with E-state index < -0.39 is 0 Å². The van der Waals surface area contributed by atoms with Crippen LogP contribution in [0.5, 0.6) is 0 Å². The van der Waals surface area contributed by atoms with E-state index in [0.29, 0.717) is 0 Å². The molecule has 4 nitrogen and oxygen atoms in total. The highest BCUT2D eigenvalue weighted by Crippen LogP contribution is 2.25. The van der Waals surface area contributed by atoms with Crippen LogP contribution < -0.4 is 10.6 Å². The predicted octanol–water partition coefficient (Wildman–Crippen LogP) is 2.33. The molecule has 1 aromatic rings. The first-order chi connectivity index (χ1) is 9.44. The number of rotatable bonds is 3. The van der Waals surface area contributed by atoms with Crippen molar-refractivity contribution in [2.24, 2.45) is 4.99 Å². The van der Waals surface area contributed by atoms with Gasteiger partial charge in [-0.15, -0.1) is 0 Å². The molecule has 0 saturated carbocycles. The maximum Gasteiger partial charge on any atom is 0.242 e. The maximum absolute atomic E-state index is 11.7. The normalized spacial score (nSPS) is 20.8. The highest BCUT2D eigenvalue weighted by atomic mass is 32.2. The highest BCUT2D eigenvalue weighted by Gasteiger charge is 2.22. The number of hydrogen-bond acceptors (Lipinski definition) is 3. The molecule has 1 aliphatic heterocycles. The number of benzene rings is 1. The van der Waals surface area contributed by atoms with Crippen molar-refractivity contribution in [3.8, 4) is 0 Å². The van der Waals surface area contributed by atoms with Gasteiger partial charge in [-0.05, 0) is 26.3 Å². The molecule has 5 heteroatoms. The van der Waals surface area contributed by atoms with Crippen molar-refractivity contribution in [2.75, 3.05) is 12.3 Å². The molecule has 1 fully saturated rings. The standard InChI is InChI=1S/C15H21N3OS/c1-15(2,3)18-13(19)9-16-14-17-12(10-20-14)11-7-5-4-6-8-11/h4-8,12H,9-10H2,1-3H3,(H,16,17)(H,18,19). The van der Waals surface area contributed by atoms with Crippen molar-refractivity contribution >= 4 is 22.8 Å². The van der Waals surface area contributed by atoms with Crippen LogP contribution in [0.1, 0.15) is 32.4 Å². The molecule has 1 saturated heterocycles. The van der Waals surface area contributed by atoms with Gasteiger partial charge in [0, 0.05) is 11.3 Å². The fraction of sp³-hybridized carbons (Fsp3) is 0.467. The molecule has 0 aromatic heterocycles. The van der Waals surface area contributed by atoms with Gasteiger partial charge in [-0.3, -0.25) is 9.79 Å². The van der Waals surface area contributed by atoms with E-state index in [4.69, 9.17) is 0 Å². The van der Waals surface area contributed by atoms with Crippen molar-refractivity contribution in [3.05, 3.63) is 35.9 Å². The number of aliphatic imine (C=N–C) groups is 1. The van der Waals surface area contributed by atoms with E-state index in [1.165, 1.54) is 5.56 Å². The Kier molecular flexibility index (Phi) is 4.70. The van der Waals surface area contributed by atoms with Crippen LogP contribution >= 0.6 is 11.8 Å². The van der Waals surface area contributed by atoms with Gasteiger partial charge in [0.05, 0.1) is 6.04 Å². The Morgan fingerprint density at radius 2 is 2.10 bits per heavy atom. The molecule has 1 unspecified atom stereocenters. The number of amides is 1. The summed E-state index contributed by atoms with van der Waals surface area (Å²) in [4.78, 5) is 16.1. The number of carbonyl (C=O) groups excluding carboxylic acids is 1. The van der Waals surface area contributed by atoms with Gasteiger partial charge in [0.1, 0.15) is 6.54 Å². The summed E-state index contributed by atoms with van der Waals surface area (Å²) in [5.41, 5.74) is 1.05. The van der Waals surface area contributed by atoms with Crippen molar-refractivity contribution in [3.63, 3.8) is 0 Å². The average molecular weight is 291 g/mol. The Morgan fingerprint density at radius 1 is 1.40 bits per heavy atom. The van der Waals surface area contributed by atoms with E-state index in [1.807, 2.05) is 39.0 Å². The van der Waals surface area contributed by atoms with Crippen molar-refractivity contribution in [2.45, 2.75) is 32.4 Å². The average Bonchev–Trinajstić information content (AvgIpc) is 2.84. The highest BCUT2D eigenvalue weighted by molar-refractivity contribution is 8.14. The second kappa shape index (κ2) is 6.31. The Labute approximate surface area is 124 Å². The summed E-state index contributed by atoms with van der Waals surface area (Å²) in [5.74, 6) is 0.902. The van der Waals surface area contributed by atoms with Crippen LogP contribution in [0.25, 0.3) is 0 Å². The molecule has 0 spiro atoms. The molecule has 0 bridgehead atoms. The minimum Gasteiger partial charge on any atom is -0.357 e. The van der Waals surface area contributed by atoms with E-state index in [-0.39, 0.29) is 24.0 Å². The molecular formula is C15H21N3OS. The van der Waals surface area contributed by atoms with Crippen LogP contribution in [0.2, 0.25) is 0 Å². The fourth-order valence-corrected chi connectivity index (χ4v) is 2.93. The molecule has 1 heterocycles. The summed E-state index contributed by atoms with van der Waals surface area (Å²) >= 11 is 1.66. The third-order valence-electron chi connectivity index (χ3n) is 2.77. The van der Waals surface area contributed by atoms with Gasteiger partial charge in [0.15, 0.2) is 5.17 Å². The first-order valence-electron chi connectivity index (χ1n) is 6.74. The third kappa shape index (κ3) is 4.56. The smallest absolute Gasteiger partial charge is 0.242 e. The number of carbonyl (C=O) groups is 1. The van der Waals surface area contributed by atoms with Crippen LogP contribution in [-0.4, -0.2) is 28.9 Å². The molecule has 108 valence electrons. The zero-order valence-corrected chi connectivity index (χ0v) is 13.0. The lowest BCUT2D eigenvalue weighted by Crippen LogP contribution is -2.42. The lowest BCUT2D eigenvalue weighted by Gasteiger charge is -2.19. The van der Waals surface area contributed by atoms with Crippen molar-refractivity contribution < 1.29 is 4.79 Å². The van der Waals surface area contributed by atoms with Crippen LogP contribution in [0, 0.1) is 0 Å². The van der Waals surface area contributed by atoms with Gasteiger partial charge in [0.25, 0.3) is 0 Å². The predicted molar refractivity (Wildman–Crippen MR) is 85.0 cm³/mol. The van der Waals surface area contributed by atoms with Gasteiger partial charge >= 0.3 is 0 Å². The van der Waals surface area contributed by atoms with E-state index in [2.05, 4.69) is 27.8 Å². The monoisotopic (exact) mass is 291 g/mol. The molecule has 1 aliphatic rings. The lowest BCUT2D eigenvalue weighted by molar-refractivity contribution is -0.121. The molecule has 2 rings (SSSR count). The summed E-state index contributed by atoms with van der Waals surface area (Å²) in [5, 5.41) is 7.11. The van der Waals surface area contributed by atoms with Crippen LogP contribution in [0.3, 0.4) is 0 Å². The fourth-order valence-electron chi connectivity index (χ4n) is 1.95. The zero-order valence-electron chi connectivity index (χ0n) is 12.1. The Bertz CT molecular complexity index is 494. The van der Waals surface area contributed by atoms with Gasteiger partial charge in [-0.2, -0.15) is 0 Å². The second-order valence-corrected chi connectivity index (χ2v) is 6.85. The number of hydrogen-bond donors (Lipinski definition) is 2. The van der Waals surface area contributed by atoms with E-state index in [0.717, 1.165) is 10.9 Å². The molecule has 2 N–H and O–H groups in total. The minimum atomic E-state index is -0.208. The molecular weight excluding hydrogens is 270 g/mol. The zero-order chi connectivity index (χ0) is 14.6. The number of nitrogens with zero attached hydrogens (tertiary/aromatic N) is 1. The topological polar surface area (TPSA) is 53.5 Å². The summed E-state index contributed by atoms with van der Waals surface area (Å²) in [6, 6.07) is 10.6. The second-order valence-electron chi connectivity index (χ2n) is 5.84. The van der Waals surface area contributed by atoms with Crippen LogP contribution in [0.4, 0.5) is 0 Å². The molecule has 1 atom stereocenters. The molecule has 1 amide bonds. The first-order valence-corrected chi connectivity index (χ1v) is 7.72. The number of amidine groups is 1. The van der Waals surface area contributed by atoms with E-state index >= 15 is 0 Å². The summed E-state index contributed by atoms with van der Waals surface area (Å²) in [6.45, 7) is 6.07. The van der Waals surface area contributed by atoms with E-state index in [1.54, 1.807) is 11.8 Å². The van der Waals surface area contributed by atoms with Crippen molar-refractivity contribution in [1.29, 1.82) is 0 Å². The lowest BCUT2D eigenvalue weighted by atomic mass is 10.1. The Balaban J connectivity index is 1.87. The molecule has 0 radical (unpaired) electrons. The summed E-state index contributed by atoms with van der Waals surface area (Å²) < 4.78 is 0. The van der Waals surface area contributed by atoms with Gasteiger partial charge in [-0.1, -0.05) is 42.1 Å².